The second-order valence-electron chi connectivity index (χ2n) is 17.0. The normalized spacial score (nSPS) is 25.4. The molecular weight excluding hydrogens is 773 g/mol. The summed E-state index contributed by atoms with van der Waals surface area (Å²) in [5, 5.41) is 8.65. The van der Waals surface area contributed by atoms with Gasteiger partial charge in [0.15, 0.2) is 11.5 Å². The van der Waals surface area contributed by atoms with Crippen molar-refractivity contribution in [3.8, 4) is 17.1 Å². The van der Waals surface area contributed by atoms with Gasteiger partial charge in [0.05, 0.1) is 47.0 Å². The number of methoxy groups -OCH3 is 1. The van der Waals surface area contributed by atoms with Crippen molar-refractivity contribution >= 4 is 51.5 Å². The van der Waals surface area contributed by atoms with E-state index < -0.39 is 29.3 Å². The highest BCUT2D eigenvalue weighted by Gasteiger charge is 2.62. The first kappa shape index (κ1) is 36.8. The lowest BCUT2D eigenvalue weighted by molar-refractivity contribution is -0.147. The van der Waals surface area contributed by atoms with Crippen LogP contribution in [0.2, 0.25) is 0 Å². The predicted octanol–water partition coefficient (Wildman–Crippen LogP) is 4.10. The SMILES string of the molecule is CO[C@H]1CN(C)C(=O)[C@@H]2C[C@@H](CN2c2nc(N3[C@@H]4CN(C5CC5)C(=O)[C@@]3(C)C4)nc3c2cnn3-c2ccc(F)cc2F)Nc2cccc(n2)-c2nccc3nc(C)n(c23)C1. The van der Waals surface area contributed by atoms with Crippen LogP contribution in [0.1, 0.15) is 38.4 Å². The number of anilines is 3. The third kappa shape index (κ3) is 5.63. The summed E-state index contributed by atoms with van der Waals surface area (Å²) in [7, 11) is 3.41. The minimum Gasteiger partial charge on any atom is -0.378 e. The van der Waals surface area contributed by atoms with Crippen LogP contribution in [0.3, 0.4) is 0 Å². The van der Waals surface area contributed by atoms with Gasteiger partial charge in [-0.3, -0.25) is 14.6 Å². The van der Waals surface area contributed by atoms with Crippen molar-refractivity contribution < 1.29 is 23.1 Å². The molecule has 1 aliphatic carbocycles. The molecule has 60 heavy (non-hydrogen) atoms. The number of piperidine rings is 1. The number of hydrogen-bond donors (Lipinski definition) is 1. The highest BCUT2D eigenvalue weighted by Crippen LogP contribution is 2.48. The number of aromatic nitrogens is 8. The van der Waals surface area contributed by atoms with Crippen molar-refractivity contribution in [2.45, 2.75) is 81.9 Å². The van der Waals surface area contributed by atoms with Gasteiger partial charge in [-0.2, -0.15) is 15.1 Å². The minimum atomic E-state index is -0.879. The van der Waals surface area contributed by atoms with Crippen LogP contribution in [0.5, 0.6) is 0 Å². The summed E-state index contributed by atoms with van der Waals surface area (Å²) in [5.41, 5.74) is 2.37. The standard InChI is InChI=1S/C42H43F2N13O3/c1-22-47-31-12-13-45-35-30-6-5-7-34(49-30)48-24-15-33(39(58)52(3)20-27(60-4)21-53(22)36(31)35)55(18-24)37-28-17-46-57(32-11-8-23(43)14-29(32)44)38(28)51-41(50-37)56-26-16-42(56,2)40(59)54(19-26)25-9-10-25/h5-8,11-14,17,24-27,33H,9-10,15-16,18-21H2,1-4H3,(H,48,49)/t24-,26-,27-,33-,42+/m0/s1. The second-order valence-corrected chi connectivity index (χ2v) is 17.0. The molecule has 18 heteroatoms. The lowest BCUT2D eigenvalue weighted by Crippen LogP contribution is -2.79. The summed E-state index contributed by atoms with van der Waals surface area (Å²) in [4.78, 5) is 61.4. The number of carbonyl (C=O) groups excluding carboxylic acids is 2. The molecule has 0 unspecified atom stereocenters. The Morgan fingerprint density at radius 3 is 2.60 bits per heavy atom. The molecule has 6 bridgehead atoms. The maximum Gasteiger partial charge on any atom is 0.248 e. The van der Waals surface area contributed by atoms with Gasteiger partial charge < -0.3 is 34.2 Å². The number of amides is 2. The van der Waals surface area contributed by atoms with Crippen LogP contribution in [0.25, 0.3) is 39.1 Å². The summed E-state index contributed by atoms with van der Waals surface area (Å²) in [5.74, 6) is 0.441. The molecule has 308 valence electrons. The zero-order valence-corrected chi connectivity index (χ0v) is 33.6. The number of halogens is 2. The molecule has 6 aliphatic rings. The number of nitrogens with one attached hydrogen (secondary N) is 1. The monoisotopic (exact) mass is 815 g/mol. The number of likely N-dealkylation sites (N-methyl/N-ethyl adjacent to an activating group) is 1. The van der Waals surface area contributed by atoms with Crippen LogP contribution in [0.15, 0.2) is 54.9 Å². The number of benzene rings is 1. The zero-order valence-electron chi connectivity index (χ0n) is 33.6. The van der Waals surface area contributed by atoms with Crippen molar-refractivity contribution in [1.82, 2.24) is 49.1 Å². The molecule has 6 aromatic rings. The average molecular weight is 816 g/mol. The van der Waals surface area contributed by atoms with E-state index >= 15 is 4.39 Å². The lowest BCUT2D eigenvalue weighted by atomic mass is 9.75. The van der Waals surface area contributed by atoms with E-state index in [-0.39, 0.29) is 53.8 Å². The van der Waals surface area contributed by atoms with Crippen LogP contribution in [0.4, 0.5) is 26.4 Å². The Morgan fingerprint density at radius 2 is 1.80 bits per heavy atom. The fourth-order valence-electron chi connectivity index (χ4n) is 9.95. The Morgan fingerprint density at radius 1 is 0.950 bits per heavy atom. The fraction of sp³-hybridized carbons (Fsp3) is 0.429. The number of aryl methyl sites for hydroxylation is 1. The maximum absolute atomic E-state index is 15.5. The highest BCUT2D eigenvalue weighted by atomic mass is 19.1. The fourth-order valence-corrected chi connectivity index (χ4v) is 9.95. The maximum atomic E-state index is 15.5. The summed E-state index contributed by atoms with van der Waals surface area (Å²) in [6, 6.07) is 10.2. The summed E-state index contributed by atoms with van der Waals surface area (Å²) in [6.07, 6.45) is 5.93. The predicted molar refractivity (Wildman–Crippen MR) is 218 cm³/mol. The van der Waals surface area contributed by atoms with Crippen molar-refractivity contribution in [3.05, 3.63) is 72.3 Å². The Kier molecular flexibility index (Phi) is 8.18. The third-order valence-corrected chi connectivity index (χ3v) is 13.0. The number of hydrogen-bond acceptors (Lipinski definition) is 12. The Hall–Kier alpha value is -6.30. The van der Waals surface area contributed by atoms with Gasteiger partial charge in [-0.1, -0.05) is 6.07 Å². The minimum absolute atomic E-state index is 0.000738. The molecule has 5 aliphatic heterocycles. The first-order valence-electron chi connectivity index (χ1n) is 20.4. The molecule has 12 rings (SSSR count). The number of fused-ring (bicyclic) bond motifs is 8. The van der Waals surface area contributed by atoms with Crippen LogP contribution in [-0.4, -0.2) is 130 Å². The number of imidazole rings is 1. The number of carbonyl (C=O) groups is 2. The molecule has 1 saturated carbocycles. The van der Waals surface area contributed by atoms with E-state index in [4.69, 9.17) is 29.7 Å². The van der Waals surface area contributed by atoms with Crippen molar-refractivity contribution in [2.75, 3.05) is 48.9 Å². The van der Waals surface area contributed by atoms with E-state index in [0.717, 1.165) is 35.8 Å². The zero-order chi connectivity index (χ0) is 41.2. The van der Waals surface area contributed by atoms with Crippen LogP contribution in [-0.2, 0) is 20.9 Å². The first-order valence-corrected chi connectivity index (χ1v) is 20.4. The third-order valence-electron chi connectivity index (χ3n) is 13.0. The Bertz CT molecular complexity index is 2750. The average Bonchev–Trinajstić information content (AvgIpc) is 3.73. The van der Waals surface area contributed by atoms with Crippen LogP contribution >= 0.6 is 0 Å². The van der Waals surface area contributed by atoms with Gasteiger partial charge >= 0.3 is 0 Å². The van der Waals surface area contributed by atoms with E-state index in [9.17, 15) is 14.0 Å². The van der Waals surface area contributed by atoms with E-state index in [1.165, 1.54) is 16.8 Å². The van der Waals surface area contributed by atoms with Crippen molar-refractivity contribution in [2.24, 2.45) is 0 Å². The van der Waals surface area contributed by atoms with Crippen molar-refractivity contribution in [1.29, 1.82) is 0 Å². The molecule has 1 aromatic carbocycles. The second kappa shape index (κ2) is 13.4. The van der Waals surface area contributed by atoms with E-state index in [2.05, 4.69) is 15.0 Å². The molecule has 5 atom stereocenters. The van der Waals surface area contributed by atoms with E-state index in [1.54, 1.807) is 31.5 Å². The van der Waals surface area contributed by atoms with Gasteiger partial charge in [0.2, 0.25) is 17.8 Å². The van der Waals surface area contributed by atoms with Gasteiger partial charge in [-0.15, -0.1) is 0 Å². The number of nitrogens with zero attached hydrogens (tertiary/aromatic N) is 12. The van der Waals surface area contributed by atoms with Gasteiger partial charge in [-0.05, 0) is 63.4 Å². The Labute approximate surface area is 343 Å². The van der Waals surface area contributed by atoms with Gasteiger partial charge in [-0.25, -0.2) is 23.4 Å². The number of rotatable bonds is 5. The lowest BCUT2D eigenvalue weighted by Gasteiger charge is -2.62. The molecule has 2 amide bonds. The molecule has 1 N–H and O–H groups in total. The summed E-state index contributed by atoms with van der Waals surface area (Å²) in [6.45, 7) is 5.44. The van der Waals surface area contributed by atoms with E-state index in [0.29, 0.717) is 60.9 Å². The smallest absolute Gasteiger partial charge is 0.248 e. The topological polar surface area (TPSA) is 156 Å². The number of piperazine rings is 1. The summed E-state index contributed by atoms with van der Waals surface area (Å²) >= 11 is 0. The van der Waals surface area contributed by atoms with Gasteiger partial charge in [0.25, 0.3) is 0 Å². The summed E-state index contributed by atoms with van der Waals surface area (Å²) < 4.78 is 39.1. The molecular formula is C42H43F2N13O3. The van der Waals surface area contributed by atoms with Gasteiger partial charge in [0, 0.05) is 64.6 Å². The molecule has 4 saturated heterocycles. The largest absolute Gasteiger partial charge is 0.378 e. The first-order chi connectivity index (χ1) is 29.0. The van der Waals surface area contributed by atoms with Crippen LogP contribution < -0.4 is 15.1 Å². The Balaban J connectivity index is 1.04. The highest BCUT2D eigenvalue weighted by molar-refractivity contribution is 5.97. The van der Waals surface area contributed by atoms with E-state index in [1.807, 2.05) is 52.8 Å². The molecule has 10 heterocycles. The molecule has 0 radical (unpaired) electrons. The molecule has 5 aromatic heterocycles. The molecule has 0 spiro atoms. The molecule has 5 fully saturated rings. The van der Waals surface area contributed by atoms with Gasteiger partial charge in [0.1, 0.15) is 46.2 Å². The van der Waals surface area contributed by atoms with Crippen molar-refractivity contribution in [3.63, 3.8) is 0 Å². The van der Waals surface area contributed by atoms with Crippen LogP contribution in [0, 0.1) is 18.6 Å². The number of ether oxygens (including phenoxy) is 1. The number of pyridine rings is 2. The molecule has 16 nitrogen and oxygen atoms in total. The quantitative estimate of drug-likeness (QED) is 0.267.